The molecule has 0 aromatic heterocycles. The summed E-state index contributed by atoms with van der Waals surface area (Å²) < 4.78 is 25.1. The first-order valence-corrected chi connectivity index (χ1v) is 9.44. The van der Waals surface area contributed by atoms with Gasteiger partial charge in [-0.2, -0.15) is 0 Å². The second kappa shape index (κ2) is 8.74. The number of piperidine rings is 1. The summed E-state index contributed by atoms with van der Waals surface area (Å²) in [4.78, 5) is 24.3. The van der Waals surface area contributed by atoms with Gasteiger partial charge in [0.25, 0.3) is 0 Å². The van der Waals surface area contributed by atoms with Gasteiger partial charge in [0.1, 0.15) is 6.10 Å². The van der Waals surface area contributed by atoms with E-state index in [1.807, 2.05) is 0 Å². The van der Waals surface area contributed by atoms with Gasteiger partial charge in [0.15, 0.2) is 11.6 Å². The molecule has 1 atom stereocenters. The van der Waals surface area contributed by atoms with Gasteiger partial charge in [-0.3, -0.25) is 9.69 Å². The first kappa shape index (κ1) is 20.3. The number of aliphatic hydroxyl groups is 1. The highest BCUT2D eigenvalue weighted by Gasteiger charge is 2.33. The Labute approximate surface area is 163 Å². The van der Waals surface area contributed by atoms with Crippen molar-refractivity contribution in [3.8, 4) is 5.75 Å². The lowest BCUT2D eigenvalue weighted by molar-refractivity contribution is -0.119. The zero-order valence-electron chi connectivity index (χ0n) is 15.9. The molecule has 0 bridgehead atoms. The molecule has 154 valence electrons. The number of ether oxygens (including phenoxy) is 2. The van der Waals surface area contributed by atoms with Gasteiger partial charge in [-0.1, -0.05) is 0 Å². The fourth-order valence-electron chi connectivity index (χ4n) is 3.36. The Morgan fingerprint density at radius 3 is 2.89 bits per heavy atom. The zero-order valence-corrected chi connectivity index (χ0v) is 15.9. The Kier molecular flexibility index (Phi) is 6.35. The van der Waals surface area contributed by atoms with Crippen LogP contribution in [0, 0.1) is 5.82 Å². The van der Waals surface area contributed by atoms with E-state index in [-0.39, 0.29) is 31.4 Å². The van der Waals surface area contributed by atoms with Crippen molar-refractivity contribution in [3.63, 3.8) is 0 Å². The molecule has 0 aliphatic carbocycles. The van der Waals surface area contributed by atoms with Crippen LogP contribution in [0.15, 0.2) is 18.2 Å². The first-order chi connectivity index (χ1) is 13.4. The Bertz CT molecular complexity index is 724. The second-order valence-corrected chi connectivity index (χ2v) is 7.24. The van der Waals surface area contributed by atoms with Crippen molar-refractivity contribution < 1.29 is 28.6 Å². The van der Waals surface area contributed by atoms with E-state index in [0.717, 1.165) is 13.1 Å². The van der Waals surface area contributed by atoms with E-state index in [9.17, 15) is 19.1 Å². The van der Waals surface area contributed by atoms with Crippen molar-refractivity contribution in [2.24, 2.45) is 0 Å². The lowest BCUT2D eigenvalue weighted by Crippen LogP contribution is -2.42. The molecule has 1 aromatic rings. The standard InChI is InChI=1S/C19H26FN3O5/c1-13(24)22-11-15-12-23(18(25)28-15)14-2-3-17(16(20)10-14)27-9-6-19(26)4-7-21-8-5-19/h2-3,10,15,21,26H,4-9,11-12H2,1H3,(H,22,24). The van der Waals surface area contributed by atoms with Crippen LogP contribution in [0.4, 0.5) is 14.9 Å². The third kappa shape index (κ3) is 5.11. The predicted octanol–water partition coefficient (Wildman–Crippen LogP) is 1.17. The van der Waals surface area contributed by atoms with E-state index in [1.54, 1.807) is 6.07 Å². The van der Waals surface area contributed by atoms with Crippen molar-refractivity contribution in [1.82, 2.24) is 10.6 Å². The van der Waals surface area contributed by atoms with Crippen LogP contribution in [0.1, 0.15) is 26.2 Å². The minimum atomic E-state index is -0.774. The van der Waals surface area contributed by atoms with Gasteiger partial charge in [0, 0.05) is 19.4 Å². The number of rotatable bonds is 7. The van der Waals surface area contributed by atoms with E-state index in [4.69, 9.17) is 9.47 Å². The highest BCUT2D eigenvalue weighted by molar-refractivity contribution is 5.89. The quantitative estimate of drug-likeness (QED) is 0.641. The van der Waals surface area contributed by atoms with E-state index in [1.165, 1.54) is 24.0 Å². The van der Waals surface area contributed by atoms with Gasteiger partial charge in [-0.05, 0) is 38.1 Å². The molecular weight excluding hydrogens is 369 g/mol. The third-order valence-corrected chi connectivity index (χ3v) is 5.04. The van der Waals surface area contributed by atoms with Crippen LogP contribution in [-0.2, 0) is 9.53 Å². The number of cyclic esters (lactones) is 1. The number of hydrogen-bond donors (Lipinski definition) is 3. The molecule has 1 aromatic carbocycles. The molecule has 2 saturated heterocycles. The Morgan fingerprint density at radius 2 is 2.21 bits per heavy atom. The van der Waals surface area contributed by atoms with Crippen molar-refractivity contribution in [1.29, 1.82) is 0 Å². The predicted molar refractivity (Wildman–Crippen MR) is 99.9 cm³/mol. The molecule has 3 N–H and O–H groups in total. The summed E-state index contributed by atoms with van der Waals surface area (Å²) in [5, 5.41) is 16.2. The van der Waals surface area contributed by atoms with E-state index < -0.39 is 23.6 Å². The highest BCUT2D eigenvalue weighted by atomic mass is 19.1. The summed E-state index contributed by atoms with van der Waals surface area (Å²) in [5.41, 5.74) is -0.415. The van der Waals surface area contributed by atoms with Crippen molar-refractivity contribution in [2.75, 3.05) is 37.7 Å². The smallest absolute Gasteiger partial charge is 0.414 e. The SMILES string of the molecule is CC(=O)NCC1CN(c2ccc(OCCC3(O)CCNCC3)c(F)c2)C(=O)O1. The molecule has 9 heteroatoms. The normalized spacial score (nSPS) is 21.3. The third-order valence-electron chi connectivity index (χ3n) is 5.04. The number of benzene rings is 1. The lowest BCUT2D eigenvalue weighted by atomic mass is 9.89. The monoisotopic (exact) mass is 395 g/mol. The van der Waals surface area contributed by atoms with Crippen LogP contribution in [-0.4, -0.2) is 61.6 Å². The van der Waals surface area contributed by atoms with Gasteiger partial charge < -0.3 is 25.2 Å². The van der Waals surface area contributed by atoms with Crippen LogP contribution in [0.5, 0.6) is 5.75 Å². The molecule has 1 unspecified atom stereocenters. The maximum Gasteiger partial charge on any atom is 0.414 e. The number of nitrogens with zero attached hydrogens (tertiary/aromatic N) is 1. The zero-order chi connectivity index (χ0) is 20.1. The molecule has 0 spiro atoms. The number of amides is 2. The van der Waals surface area contributed by atoms with Crippen molar-refractivity contribution >= 4 is 17.7 Å². The highest BCUT2D eigenvalue weighted by Crippen LogP contribution is 2.28. The minimum Gasteiger partial charge on any atom is -0.490 e. The van der Waals surface area contributed by atoms with Crippen LogP contribution in [0.2, 0.25) is 0 Å². The molecule has 28 heavy (non-hydrogen) atoms. The summed E-state index contributed by atoms with van der Waals surface area (Å²) in [5.74, 6) is -0.729. The summed E-state index contributed by atoms with van der Waals surface area (Å²) in [6.45, 7) is 3.53. The number of anilines is 1. The number of halogens is 1. The van der Waals surface area contributed by atoms with Gasteiger partial charge in [-0.25, -0.2) is 9.18 Å². The molecule has 3 rings (SSSR count). The Hall–Kier alpha value is -2.39. The average Bonchev–Trinajstić information content (AvgIpc) is 3.02. The van der Waals surface area contributed by atoms with Gasteiger partial charge in [0.05, 0.1) is 31.0 Å². The summed E-state index contributed by atoms with van der Waals surface area (Å²) >= 11 is 0. The molecule has 2 aliphatic heterocycles. The van der Waals surface area contributed by atoms with E-state index >= 15 is 0 Å². The minimum absolute atomic E-state index is 0.0728. The molecule has 2 aliphatic rings. The largest absolute Gasteiger partial charge is 0.490 e. The lowest BCUT2D eigenvalue weighted by Gasteiger charge is -2.32. The number of carbonyl (C=O) groups is 2. The van der Waals surface area contributed by atoms with Crippen LogP contribution >= 0.6 is 0 Å². The van der Waals surface area contributed by atoms with Crippen LogP contribution < -0.4 is 20.3 Å². The molecule has 2 heterocycles. The number of hydrogen-bond acceptors (Lipinski definition) is 6. The second-order valence-electron chi connectivity index (χ2n) is 7.24. The first-order valence-electron chi connectivity index (χ1n) is 9.44. The van der Waals surface area contributed by atoms with Crippen molar-refractivity contribution in [2.45, 2.75) is 37.9 Å². The van der Waals surface area contributed by atoms with E-state index in [0.29, 0.717) is 24.9 Å². The van der Waals surface area contributed by atoms with Gasteiger partial charge in [0.2, 0.25) is 5.91 Å². The van der Waals surface area contributed by atoms with Crippen LogP contribution in [0.3, 0.4) is 0 Å². The molecule has 0 saturated carbocycles. The average molecular weight is 395 g/mol. The molecule has 0 radical (unpaired) electrons. The number of nitrogens with one attached hydrogen (secondary N) is 2. The summed E-state index contributed by atoms with van der Waals surface area (Å²) in [7, 11) is 0. The summed E-state index contributed by atoms with van der Waals surface area (Å²) in [6.07, 6.45) is 0.653. The Morgan fingerprint density at radius 1 is 1.46 bits per heavy atom. The van der Waals surface area contributed by atoms with Crippen LogP contribution in [0.25, 0.3) is 0 Å². The van der Waals surface area contributed by atoms with E-state index in [2.05, 4.69) is 10.6 Å². The topological polar surface area (TPSA) is 100 Å². The summed E-state index contributed by atoms with van der Waals surface area (Å²) in [6, 6.07) is 4.27. The fraction of sp³-hybridized carbons (Fsp3) is 0.579. The van der Waals surface area contributed by atoms with Crippen molar-refractivity contribution in [3.05, 3.63) is 24.0 Å². The fourth-order valence-corrected chi connectivity index (χ4v) is 3.36. The molecular formula is C19H26FN3O5. The Balaban J connectivity index is 1.55. The molecule has 2 amide bonds. The van der Waals surface area contributed by atoms with Gasteiger partial charge in [-0.15, -0.1) is 0 Å². The maximum absolute atomic E-state index is 14.4. The number of carbonyl (C=O) groups excluding carboxylic acids is 2. The molecule has 2 fully saturated rings. The molecule has 8 nitrogen and oxygen atoms in total. The van der Waals surface area contributed by atoms with Gasteiger partial charge >= 0.3 is 6.09 Å². The maximum atomic E-state index is 14.4.